The third kappa shape index (κ3) is 11.7. The van der Waals surface area contributed by atoms with E-state index in [1.54, 1.807) is 0 Å². The summed E-state index contributed by atoms with van der Waals surface area (Å²) in [5.41, 5.74) is 0. The molecule has 2 amide bonds. The molecule has 16 heteroatoms. The average Bonchev–Trinajstić information content (AvgIpc) is 2.97. The molecule has 10 N–H and O–H groups in total. The van der Waals surface area contributed by atoms with Gasteiger partial charge in [0.2, 0.25) is 12.6 Å². The first-order valence-corrected chi connectivity index (χ1v) is 14.6. The zero-order valence-electron chi connectivity index (χ0n) is 23.7. The molecular weight excluding hydrogens is 564 g/mol. The maximum Gasteiger partial charge on any atom is 0.409 e. The van der Waals surface area contributed by atoms with E-state index in [1.807, 2.05) is 0 Å². The highest BCUT2D eigenvalue weighted by Crippen LogP contribution is 2.23. The smallest absolute Gasteiger partial charge is 0.409 e. The van der Waals surface area contributed by atoms with Gasteiger partial charge >= 0.3 is 12.2 Å². The van der Waals surface area contributed by atoms with Gasteiger partial charge in [0.1, 0.15) is 48.8 Å². The highest BCUT2D eigenvalue weighted by atomic mass is 16.7. The molecule has 0 aromatic heterocycles. The number of rotatable bonds is 17. The van der Waals surface area contributed by atoms with Gasteiger partial charge < -0.3 is 70.4 Å². The van der Waals surface area contributed by atoms with Crippen molar-refractivity contribution in [2.45, 2.75) is 126 Å². The lowest BCUT2D eigenvalue weighted by molar-refractivity contribution is -0.284. The van der Waals surface area contributed by atoms with E-state index in [0.29, 0.717) is 13.1 Å². The van der Waals surface area contributed by atoms with Crippen molar-refractivity contribution in [3.63, 3.8) is 0 Å². The van der Waals surface area contributed by atoms with Gasteiger partial charge in [-0.2, -0.15) is 0 Å². The van der Waals surface area contributed by atoms with Crippen LogP contribution in [-0.4, -0.2) is 141 Å². The first-order valence-electron chi connectivity index (χ1n) is 14.6. The molecule has 0 unspecified atom stereocenters. The molecule has 2 aliphatic rings. The van der Waals surface area contributed by atoms with E-state index in [4.69, 9.17) is 29.2 Å². The van der Waals surface area contributed by atoms with Crippen LogP contribution in [0.5, 0.6) is 0 Å². The Balaban J connectivity index is 1.39. The molecule has 246 valence electrons. The summed E-state index contributed by atoms with van der Waals surface area (Å²) in [4.78, 5) is 23.8. The predicted octanol–water partition coefficient (Wildman–Crippen LogP) is -2.06. The SMILES string of the molecule is O=C(NCCCCCCCCCCCCNC(=O)O[C@@H]1O[C@H](CO)[C@H](O)[C@H](O)[C@H]1O)O[C@@H]1O[C@H](CO)[C@H](O)[C@H](O)[C@H]1O. The summed E-state index contributed by atoms with van der Waals surface area (Å²) in [7, 11) is 0. The Morgan fingerprint density at radius 1 is 0.500 bits per heavy atom. The van der Waals surface area contributed by atoms with E-state index in [9.17, 15) is 40.2 Å². The number of unbranched alkanes of at least 4 members (excludes halogenated alkanes) is 9. The fourth-order valence-corrected chi connectivity index (χ4v) is 4.67. The molecule has 2 rings (SSSR count). The average molecular weight is 613 g/mol. The normalized spacial score (nSPS) is 33.1. The number of alkyl carbamates (subject to hydrolysis) is 2. The lowest BCUT2D eigenvalue weighted by atomic mass is 9.99. The van der Waals surface area contributed by atoms with Crippen molar-refractivity contribution in [1.29, 1.82) is 0 Å². The summed E-state index contributed by atoms with van der Waals surface area (Å²) < 4.78 is 20.2. The summed E-state index contributed by atoms with van der Waals surface area (Å²) in [6.07, 6.45) is -6.95. The van der Waals surface area contributed by atoms with Crippen LogP contribution >= 0.6 is 0 Å². The van der Waals surface area contributed by atoms with E-state index in [0.717, 1.165) is 64.2 Å². The fourth-order valence-electron chi connectivity index (χ4n) is 4.67. The summed E-state index contributed by atoms with van der Waals surface area (Å²) in [5.74, 6) is 0. The van der Waals surface area contributed by atoms with Crippen molar-refractivity contribution in [3.8, 4) is 0 Å². The van der Waals surface area contributed by atoms with E-state index in [-0.39, 0.29) is 0 Å². The first-order chi connectivity index (χ1) is 20.1. The minimum absolute atomic E-state index is 0.361. The van der Waals surface area contributed by atoms with Crippen molar-refractivity contribution < 1.29 is 69.4 Å². The van der Waals surface area contributed by atoms with Gasteiger partial charge in [0.25, 0.3) is 0 Å². The topological polar surface area (TPSA) is 257 Å². The monoisotopic (exact) mass is 612 g/mol. The van der Waals surface area contributed by atoms with Crippen LogP contribution in [0.3, 0.4) is 0 Å². The predicted molar refractivity (Wildman–Crippen MR) is 143 cm³/mol. The Kier molecular flexibility index (Phi) is 16.8. The highest BCUT2D eigenvalue weighted by molar-refractivity contribution is 5.67. The van der Waals surface area contributed by atoms with Gasteiger partial charge in [-0.1, -0.05) is 51.4 Å². The van der Waals surface area contributed by atoms with E-state index in [2.05, 4.69) is 10.6 Å². The molecular formula is C26H48N2O14. The van der Waals surface area contributed by atoms with Gasteiger partial charge in [-0.25, -0.2) is 9.59 Å². The van der Waals surface area contributed by atoms with Crippen LogP contribution in [0.1, 0.15) is 64.2 Å². The zero-order valence-corrected chi connectivity index (χ0v) is 23.7. The van der Waals surface area contributed by atoms with Crippen molar-refractivity contribution >= 4 is 12.2 Å². The molecule has 2 fully saturated rings. The number of ether oxygens (including phenoxy) is 4. The summed E-state index contributed by atoms with van der Waals surface area (Å²) in [5, 5.41) is 82.1. The third-order valence-electron chi connectivity index (χ3n) is 7.29. The van der Waals surface area contributed by atoms with E-state index >= 15 is 0 Å². The van der Waals surface area contributed by atoms with Crippen molar-refractivity contribution in [2.75, 3.05) is 26.3 Å². The summed E-state index contributed by atoms with van der Waals surface area (Å²) in [6, 6.07) is 0. The van der Waals surface area contributed by atoms with Crippen LogP contribution in [0.4, 0.5) is 9.59 Å². The Morgan fingerprint density at radius 3 is 1.12 bits per heavy atom. The molecule has 42 heavy (non-hydrogen) atoms. The number of aliphatic hydroxyl groups is 8. The first kappa shape index (κ1) is 36.3. The quantitative estimate of drug-likeness (QED) is 0.0793. The van der Waals surface area contributed by atoms with E-state index in [1.165, 1.54) is 0 Å². The Labute approximate surface area is 244 Å². The number of carbonyl (C=O) groups is 2. The van der Waals surface area contributed by atoms with Gasteiger partial charge in [-0.05, 0) is 12.8 Å². The van der Waals surface area contributed by atoms with Gasteiger partial charge in [-0.3, -0.25) is 0 Å². The van der Waals surface area contributed by atoms with E-state index < -0.39 is 86.8 Å². The second kappa shape index (κ2) is 19.4. The highest BCUT2D eigenvalue weighted by Gasteiger charge is 2.46. The standard InChI is InChI=1S/C26H48N2O14/c29-13-15-17(31)19(33)21(35)23(39-15)41-25(37)27-11-9-7-5-3-1-2-4-6-8-10-12-28-26(38)42-24-22(36)20(34)18(32)16(14-30)40-24/h15-24,29-36H,1-14H2,(H,27,37)(H,28,38)/t15-,16-,17+,18+,19+,20+,21-,22-,23+,24+/m1/s1. The molecule has 0 radical (unpaired) electrons. The number of amides is 2. The van der Waals surface area contributed by atoms with Crippen molar-refractivity contribution in [2.24, 2.45) is 0 Å². The van der Waals surface area contributed by atoms with Gasteiger partial charge in [0.15, 0.2) is 0 Å². The zero-order chi connectivity index (χ0) is 31.1. The molecule has 10 atom stereocenters. The number of aliphatic hydroxyl groups excluding tert-OH is 8. The Hall–Kier alpha value is -1.86. The number of hydrogen-bond acceptors (Lipinski definition) is 14. The minimum Gasteiger partial charge on any atom is -0.417 e. The van der Waals surface area contributed by atoms with Gasteiger partial charge in [0, 0.05) is 13.1 Å². The Bertz CT molecular complexity index is 713. The molecule has 0 spiro atoms. The van der Waals surface area contributed by atoms with Gasteiger partial charge in [-0.15, -0.1) is 0 Å². The van der Waals surface area contributed by atoms with Crippen LogP contribution in [0, 0.1) is 0 Å². The summed E-state index contributed by atoms with van der Waals surface area (Å²) in [6.45, 7) is -0.497. The fraction of sp³-hybridized carbons (Fsp3) is 0.923. The third-order valence-corrected chi connectivity index (χ3v) is 7.29. The second-order valence-corrected chi connectivity index (χ2v) is 10.6. The second-order valence-electron chi connectivity index (χ2n) is 10.6. The molecule has 2 saturated heterocycles. The molecule has 0 saturated carbocycles. The number of hydrogen-bond donors (Lipinski definition) is 10. The molecule has 0 bridgehead atoms. The van der Waals surface area contributed by atoms with Crippen LogP contribution in [0.25, 0.3) is 0 Å². The van der Waals surface area contributed by atoms with Crippen LogP contribution in [0.15, 0.2) is 0 Å². The molecule has 0 aromatic rings. The van der Waals surface area contributed by atoms with Crippen LogP contribution in [0.2, 0.25) is 0 Å². The molecule has 2 heterocycles. The largest absolute Gasteiger partial charge is 0.417 e. The lowest BCUT2D eigenvalue weighted by Crippen LogP contribution is -2.59. The molecule has 0 aromatic carbocycles. The number of carbonyl (C=O) groups excluding carboxylic acids is 2. The van der Waals surface area contributed by atoms with Crippen molar-refractivity contribution in [1.82, 2.24) is 10.6 Å². The van der Waals surface area contributed by atoms with Gasteiger partial charge in [0.05, 0.1) is 13.2 Å². The van der Waals surface area contributed by atoms with Crippen molar-refractivity contribution in [3.05, 3.63) is 0 Å². The number of nitrogens with one attached hydrogen (secondary N) is 2. The molecule has 0 aliphatic carbocycles. The molecule has 16 nitrogen and oxygen atoms in total. The van der Waals surface area contributed by atoms with Crippen LogP contribution < -0.4 is 10.6 Å². The maximum atomic E-state index is 11.9. The minimum atomic E-state index is -1.64. The maximum absolute atomic E-state index is 11.9. The molecule has 2 aliphatic heterocycles. The van der Waals surface area contributed by atoms with Crippen LogP contribution in [-0.2, 0) is 18.9 Å². The Morgan fingerprint density at radius 2 is 0.810 bits per heavy atom. The summed E-state index contributed by atoms with van der Waals surface area (Å²) >= 11 is 0. The lowest BCUT2D eigenvalue weighted by Gasteiger charge is -2.39.